The van der Waals surface area contributed by atoms with Crippen molar-refractivity contribution in [3.63, 3.8) is 0 Å². The number of fused-ring (bicyclic) bond motifs is 2. The fraction of sp³-hybridized carbons (Fsp3) is 0.0588. The van der Waals surface area contributed by atoms with Crippen LogP contribution in [0.4, 0.5) is 11.8 Å². The van der Waals surface area contributed by atoms with Crippen molar-refractivity contribution in [3.05, 3.63) is 48.2 Å². The molecular formula is C17H15N5S. The normalized spacial score (nSPS) is 11.3. The molecule has 4 rings (SSSR count). The smallest absolute Gasteiger partial charge is 0.223 e. The number of benzene rings is 2. The summed E-state index contributed by atoms with van der Waals surface area (Å²) in [7, 11) is 0. The molecule has 0 bridgehead atoms. The third-order valence-electron chi connectivity index (χ3n) is 3.79. The lowest BCUT2D eigenvalue weighted by Gasteiger charge is -2.07. The minimum absolute atomic E-state index is 0.179. The summed E-state index contributed by atoms with van der Waals surface area (Å²) in [6.45, 7) is 2.00. The van der Waals surface area contributed by atoms with Gasteiger partial charge in [-0.15, -0.1) is 0 Å². The summed E-state index contributed by atoms with van der Waals surface area (Å²) in [5.41, 5.74) is 13.4. The molecule has 23 heavy (non-hydrogen) atoms. The van der Waals surface area contributed by atoms with Gasteiger partial charge in [-0.05, 0) is 23.8 Å². The summed E-state index contributed by atoms with van der Waals surface area (Å²) >= 11 is 1.67. The van der Waals surface area contributed by atoms with Gasteiger partial charge in [-0.2, -0.15) is 9.97 Å². The van der Waals surface area contributed by atoms with Gasteiger partial charge in [0.2, 0.25) is 5.95 Å². The fourth-order valence-corrected chi connectivity index (χ4v) is 3.92. The van der Waals surface area contributed by atoms with Gasteiger partial charge in [-0.1, -0.05) is 48.2 Å². The molecule has 0 radical (unpaired) electrons. The number of hydrogen-bond donors (Lipinski definition) is 3. The summed E-state index contributed by atoms with van der Waals surface area (Å²) in [5, 5.41) is 3.25. The van der Waals surface area contributed by atoms with Crippen molar-refractivity contribution >= 4 is 45.3 Å². The topological polar surface area (TPSA) is 93.6 Å². The number of nitrogens with zero attached hydrogens (tertiary/aromatic N) is 2. The molecule has 0 unspecified atom stereocenters. The number of anilines is 2. The molecule has 114 valence electrons. The Hall–Kier alpha value is -2.73. The zero-order chi connectivity index (χ0) is 16.0. The van der Waals surface area contributed by atoms with Crippen molar-refractivity contribution in [2.75, 3.05) is 11.5 Å². The number of nitrogen functional groups attached to an aromatic ring is 2. The molecule has 0 spiro atoms. The number of aromatic nitrogens is 3. The molecule has 5 nitrogen and oxygen atoms in total. The van der Waals surface area contributed by atoms with Crippen LogP contribution < -0.4 is 11.5 Å². The first kappa shape index (κ1) is 13.9. The van der Waals surface area contributed by atoms with Crippen LogP contribution in [0.15, 0.2) is 52.3 Å². The maximum Gasteiger partial charge on any atom is 0.223 e. The van der Waals surface area contributed by atoms with Gasteiger partial charge in [0.15, 0.2) is 0 Å². The highest BCUT2D eigenvalue weighted by atomic mass is 32.2. The number of nitrogens with one attached hydrogen (secondary N) is 1. The Morgan fingerprint density at radius 1 is 1.00 bits per heavy atom. The van der Waals surface area contributed by atoms with E-state index in [1.165, 1.54) is 15.7 Å². The Balaban J connectivity index is 1.91. The molecule has 0 aliphatic carbocycles. The molecule has 0 aliphatic heterocycles. The first-order chi connectivity index (χ1) is 11.1. The molecule has 2 aromatic heterocycles. The zero-order valence-corrected chi connectivity index (χ0v) is 13.3. The second-order valence-corrected chi connectivity index (χ2v) is 6.40. The highest BCUT2D eigenvalue weighted by Gasteiger charge is 2.16. The van der Waals surface area contributed by atoms with Crippen LogP contribution in [0.3, 0.4) is 0 Å². The molecule has 0 saturated carbocycles. The second-order valence-electron chi connectivity index (χ2n) is 5.35. The molecule has 0 atom stereocenters. The average molecular weight is 321 g/mol. The number of H-pyrrole nitrogens is 1. The number of rotatable bonds is 2. The van der Waals surface area contributed by atoms with Crippen LogP contribution in [0, 0.1) is 6.92 Å². The quantitative estimate of drug-likeness (QED) is 0.523. The molecular weight excluding hydrogens is 306 g/mol. The van der Waals surface area contributed by atoms with E-state index in [2.05, 4.69) is 45.3 Å². The van der Waals surface area contributed by atoms with Crippen LogP contribution >= 0.6 is 11.8 Å². The van der Waals surface area contributed by atoms with Gasteiger partial charge in [-0.3, -0.25) is 0 Å². The highest BCUT2D eigenvalue weighted by molar-refractivity contribution is 7.99. The van der Waals surface area contributed by atoms with Gasteiger partial charge in [0.05, 0.1) is 5.39 Å². The van der Waals surface area contributed by atoms with Crippen molar-refractivity contribution in [1.82, 2.24) is 15.0 Å². The number of hydrogen-bond acceptors (Lipinski definition) is 5. The molecule has 4 aromatic rings. The molecule has 5 N–H and O–H groups in total. The van der Waals surface area contributed by atoms with E-state index in [1.807, 2.05) is 19.1 Å². The van der Waals surface area contributed by atoms with Gasteiger partial charge in [0, 0.05) is 15.5 Å². The van der Waals surface area contributed by atoms with E-state index >= 15 is 0 Å². The van der Waals surface area contributed by atoms with E-state index in [0.717, 1.165) is 16.0 Å². The fourth-order valence-electron chi connectivity index (χ4n) is 2.75. The predicted molar refractivity (Wildman–Crippen MR) is 95.5 cm³/mol. The lowest BCUT2D eigenvalue weighted by molar-refractivity contribution is 1.19. The Morgan fingerprint density at radius 2 is 1.78 bits per heavy atom. The van der Waals surface area contributed by atoms with Crippen molar-refractivity contribution < 1.29 is 0 Å². The van der Waals surface area contributed by atoms with E-state index in [0.29, 0.717) is 11.5 Å². The minimum atomic E-state index is 0.179. The first-order valence-electron chi connectivity index (χ1n) is 7.20. The number of aromatic amines is 1. The van der Waals surface area contributed by atoms with Crippen LogP contribution in [-0.2, 0) is 0 Å². The standard InChI is InChI=1S/C17H15N5S/c1-9-14(13-15(18)21-17(19)22-16(13)20-9)23-12-8-4-6-10-5-2-3-7-11(10)12/h2-8H,1H3,(H5,18,19,20,21,22). The first-order valence-corrected chi connectivity index (χ1v) is 8.02. The number of aryl methyl sites for hydroxylation is 1. The van der Waals surface area contributed by atoms with E-state index in [9.17, 15) is 0 Å². The van der Waals surface area contributed by atoms with Gasteiger partial charge < -0.3 is 16.5 Å². The van der Waals surface area contributed by atoms with Crippen molar-refractivity contribution in [1.29, 1.82) is 0 Å². The molecule has 0 saturated heterocycles. The summed E-state index contributed by atoms with van der Waals surface area (Å²) < 4.78 is 0. The van der Waals surface area contributed by atoms with Crippen LogP contribution in [0.1, 0.15) is 5.69 Å². The molecule has 2 heterocycles. The molecule has 2 aromatic carbocycles. The van der Waals surface area contributed by atoms with Crippen LogP contribution in [-0.4, -0.2) is 15.0 Å². The van der Waals surface area contributed by atoms with Crippen LogP contribution in [0.2, 0.25) is 0 Å². The summed E-state index contributed by atoms with van der Waals surface area (Å²) in [4.78, 5) is 13.8. The van der Waals surface area contributed by atoms with Gasteiger partial charge in [0.25, 0.3) is 0 Å². The van der Waals surface area contributed by atoms with E-state index in [-0.39, 0.29) is 5.95 Å². The Morgan fingerprint density at radius 3 is 2.65 bits per heavy atom. The summed E-state index contributed by atoms with van der Waals surface area (Å²) in [5.74, 6) is 0.581. The monoisotopic (exact) mass is 321 g/mol. The summed E-state index contributed by atoms with van der Waals surface area (Å²) in [6, 6.07) is 14.6. The predicted octanol–water partition coefficient (Wildman–Crippen LogP) is 3.74. The molecule has 0 aliphatic rings. The highest BCUT2D eigenvalue weighted by Crippen LogP contribution is 2.40. The maximum absolute atomic E-state index is 6.07. The Labute approximate surface area is 137 Å². The largest absolute Gasteiger partial charge is 0.383 e. The van der Waals surface area contributed by atoms with Crippen LogP contribution in [0.25, 0.3) is 21.8 Å². The zero-order valence-electron chi connectivity index (χ0n) is 12.5. The SMILES string of the molecule is Cc1[nH]c2nc(N)nc(N)c2c1Sc1cccc2ccccc12. The van der Waals surface area contributed by atoms with Crippen LogP contribution in [0.5, 0.6) is 0 Å². The van der Waals surface area contributed by atoms with Crippen molar-refractivity contribution in [2.45, 2.75) is 16.7 Å². The van der Waals surface area contributed by atoms with E-state index < -0.39 is 0 Å². The maximum atomic E-state index is 6.07. The number of nitrogens with two attached hydrogens (primary N) is 2. The van der Waals surface area contributed by atoms with Gasteiger partial charge >= 0.3 is 0 Å². The van der Waals surface area contributed by atoms with Crippen molar-refractivity contribution in [3.8, 4) is 0 Å². The van der Waals surface area contributed by atoms with Crippen molar-refractivity contribution in [2.24, 2.45) is 0 Å². The second kappa shape index (κ2) is 5.17. The summed E-state index contributed by atoms with van der Waals surface area (Å²) in [6.07, 6.45) is 0. The molecule has 0 amide bonds. The van der Waals surface area contributed by atoms with Gasteiger partial charge in [0.1, 0.15) is 11.5 Å². The lowest BCUT2D eigenvalue weighted by atomic mass is 10.1. The average Bonchev–Trinajstić information content (AvgIpc) is 2.83. The van der Waals surface area contributed by atoms with Gasteiger partial charge in [-0.25, -0.2) is 0 Å². The lowest BCUT2D eigenvalue weighted by Crippen LogP contribution is -1.99. The Bertz CT molecular complexity index is 1030. The molecule has 0 fully saturated rings. The van der Waals surface area contributed by atoms with E-state index in [1.54, 1.807) is 11.8 Å². The van der Waals surface area contributed by atoms with E-state index in [4.69, 9.17) is 11.5 Å². The minimum Gasteiger partial charge on any atom is -0.383 e. The third kappa shape index (κ3) is 2.27. The third-order valence-corrected chi connectivity index (χ3v) is 5.08. The molecule has 6 heteroatoms. The Kier molecular flexibility index (Phi) is 3.12.